The lowest BCUT2D eigenvalue weighted by molar-refractivity contribution is 0.0854. The van der Waals surface area contributed by atoms with Crippen LogP contribution in [-0.2, 0) is 4.74 Å². The van der Waals surface area contributed by atoms with Gasteiger partial charge in [-0.1, -0.05) is 30.3 Å². The van der Waals surface area contributed by atoms with Crippen LogP contribution in [0.3, 0.4) is 0 Å². The SMILES string of the molecule is COc1ccccc1-c1nc(C(=O)NC[C@H]2CCCO2)cc2c1[nH]c1ccccc12. The van der Waals surface area contributed by atoms with Crippen molar-refractivity contribution in [3.8, 4) is 17.0 Å². The molecule has 0 saturated carbocycles. The number of benzene rings is 2. The summed E-state index contributed by atoms with van der Waals surface area (Å²) in [4.78, 5) is 21.2. The molecule has 0 unspecified atom stereocenters. The van der Waals surface area contributed by atoms with E-state index in [1.54, 1.807) is 7.11 Å². The summed E-state index contributed by atoms with van der Waals surface area (Å²) in [5, 5.41) is 5.00. The Hall–Kier alpha value is -3.38. The van der Waals surface area contributed by atoms with Crippen LogP contribution in [0, 0.1) is 0 Å². The highest BCUT2D eigenvalue weighted by atomic mass is 16.5. The minimum atomic E-state index is -0.200. The van der Waals surface area contributed by atoms with E-state index in [4.69, 9.17) is 14.5 Å². The van der Waals surface area contributed by atoms with E-state index in [2.05, 4.69) is 10.3 Å². The monoisotopic (exact) mass is 401 g/mol. The minimum Gasteiger partial charge on any atom is -0.496 e. The van der Waals surface area contributed by atoms with Gasteiger partial charge in [0, 0.05) is 35.0 Å². The zero-order chi connectivity index (χ0) is 20.5. The molecule has 1 aliphatic rings. The second-order valence-corrected chi connectivity index (χ2v) is 7.49. The van der Waals surface area contributed by atoms with Crippen LogP contribution in [0.2, 0.25) is 0 Å². The first-order valence-corrected chi connectivity index (χ1v) is 10.2. The number of nitrogens with one attached hydrogen (secondary N) is 2. The largest absolute Gasteiger partial charge is 0.496 e. The van der Waals surface area contributed by atoms with Crippen LogP contribution < -0.4 is 10.1 Å². The number of pyridine rings is 1. The number of aromatic amines is 1. The van der Waals surface area contributed by atoms with Crippen LogP contribution in [0.4, 0.5) is 0 Å². The lowest BCUT2D eigenvalue weighted by Gasteiger charge is -2.13. The Kier molecular flexibility index (Phi) is 4.85. The van der Waals surface area contributed by atoms with Gasteiger partial charge in [0.05, 0.1) is 24.4 Å². The number of methoxy groups -OCH3 is 1. The van der Waals surface area contributed by atoms with Crippen LogP contribution in [0.1, 0.15) is 23.3 Å². The fourth-order valence-electron chi connectivity index (χ4n) is 4.10. The Morgan fingerprint density at radius 2 is 2.03 bits per heavy atom. The average Bonchev–Trinajstić information content (AvgIpc) is 3.44. The predicted octanol–water partition coefficient (Wildman–Crippen LogP) is 4.30. The Labute approximate surface area is 174 Å². The lowest BCUT2D eigenvalue weighted by Crippen LogP contribution is -2.32. The molecule has 1 atom stereocenters. The fraction of sp³-hybridized carbons (Fsp3) is 0.250. The Morgan fingerprint density at radius 1 is 1.20 bits per heavy atom. The molecule has 1 saturated heterocycles. The quantitative estimate of drug-likeness (QED) is 0.523. The zero-order valence-corrected chi connectivity index (χ0v) is 16.8. The van der Waals surface area contributed by atoms with Crippen LogP contribution in [0.5, 0.6) is 5.75 Å². The van der Waals surface area contributed by atoms with Crippen LogP contribution in [0.25, 0.3) is 33.1 Å². The van der Waals surface area contributed by atoms with Crippen molar-refractivity contribution in [3.05, 3.63) is 60.3 Å². The number of H-pyrrole nitrogens is 1. The molecule has 0 spiro atoms. The summed E-state index contributed by atoms with van der Waals surface area (Å²) in [6.45, 7) is 1.26. The number of fused-ring (bicyclic) bond motifs is 3. The molecule has 3 heterocycles. The molecule has 5 rings (SSSR count). The molecule has 0 bridgehead atoms. The van der Waals surface area contributed by atoms with Gasteiger partial charge >= 0.3 is 0 Å². The first kappa shape index (κ1) is 18.6. The molecule has 4 aromatic rings. The highest BCUT2D eigenvalue weighted by molar-refractivity contribution is 6.13. The summed E-state index contributed by atoms with van der Waals surface area (Å²) >= 11 is 0. The van der Waals surface area contributed by atoms with Gasteiger partial charge in [-0.25, -0.2) is 4.98 Å². The summed E-state index contributed by atoms with van der Waals surface area (Å²) in [6, 6.07) is 17.6. The van der Waals surface area contributed by atoms with Gasteiger partial charge in [-0.15, -0.1) is 0 Å². The molecule has 1 amide bonds. The number of rotatable bonds is 5. The van der Waals surface area contributed by atoms with E-state index in [1.165, 1.54) is 0 Å². The molecule has 152 valence electrons. The first-order valence-electron chi connectivity index (χ1n) is 10.2. The Morgan fingerprint density at radius 3 is 2.87 bits per heavy atom. The van der Waals surface area contributed by atoms with Crippen molar-refractivity contribution in [1.29, 1.82) is 0 Å². The Balaban J connectivity index is 1.64. The number of aromatic nitrogens is 2. The zero-order valence-electron chi connectivity index (χ0n) is 16.8. The molecule has 2 aromatic carbocycles. The third-order valence-corrected chi connectivity index (χ3v) is 5.61. The topological polar surface area (TPSA) is 76.2 Å². The molecule has 6 heteroatoms. The number of nitrogens with zero attached hydrogens (tertiary/aromatic N) is 1. The summed E-state index contributed by atoms with van der Waals surface area (Å²) in [6.07, 6.45) is 2.10. The number of amides is 1. The highest BCUT2D eigenvalue weighted by Crippen LogP contribution is 2.36. The van der Waals surface area contributed by atoms with Crippen molar-refractivity contribution < 1.29 is 14.3 Å². The highest BCUT2D eigenvalue weighted by Gasteiger charge is 2.21. The molecule has 2 aromatic heterocycles. The van der Waals surface area contributed by atoms with Crippen molar-refractivity contribution in [1.82, 2.24) is 15.3 Å². The number of hydrogen-bond donors (Lipinski definition) is 2. The van der Waals surface area contributed by atoms with Crippen molar-refractivity contribution >= 4 is 27.7 Å². The predicted molar refractivity (Wildman–Crippen MR) is 117 cm³/mol. The minimum absolute atomic E-state index is 0.0828. The Bertz CT molecular complexity index is 1230. The number of ether oxygens (including phenoxy) is 2. The van der Waals surface area contributed by atoms with E-state index in [0.717, 1.165) is 46.8 Å². The molecule has 6 nitrogen and oxygen atoms in total. The molecule has 30 heavy (non-hydrogen) atoms. The molecule has 0 aliphatic carbocycles. The fourth-order valence-corrected chi connectivity index (χ4v) is 4.10. The van der Waals surface area contributed by atoms with Gasteiger partial charge in [-0.3, -0.25) is 4.79 Å². The van der Waals surface area contributed by atoms with E-state index in [1.807, 2.05) is 54.6 Å². The molecule has 2 N–H and O–H groups in total. The second kappa shape index (κ2) is 7.80. The number of para-hydroxylation sites is 2. The van der Waals surface area contributed by atoms with Crippen LogP contribution >= 0.6 is 0 Å². The van der Waals surface area contributed by atoms with E-state index in [0.29, 0.717) is 23.7 Å². The summed E-state index contributed by atoms with van der Waals surface area (Å²) in [5.74, 6) is 0.510. The third kappa shape index (κ3) is 3.29. The van der Waals surface area contributed by atoms with Gasteiger partial charge in [-0.2, -0.15) is 0 Å². The number of carbonyl (C=O) groups is 1. The summed E-state index contributed by atoms with van der Waals surface area (Å²) in [5.41, 5.74) is 3.80. The number of carbonyl (C=O) groups excluding carboxylic acids is 1. The standard InChI is InChI=1S/C24H23N3O3/c1-29-21-11-5-3-9-17(21)22-23-18(16-8-2-4-10-19(16)26-23)13-20(27-22)24(28)25-14-15-7-6-12-30-15/h2-5,8-11,13,15,26H,6-7,12,14H2,1H3,(H,25,28)/t15-/m1/s1. The van der Waals surface area contributed by atoms with Crippen molar-refractivity contribution in [3.63, 3.8) is 0 Å². The van der Waals surface area contributed by atoms with Crippen LogP contribution in [0.15, 0.2) is 54.6 Å². The first-order chi connectivity index (χ1) is 14.7. The van der Waals surface area contributed by atoms with E-state index >= 15 is 0 Å². The van der Waals surface area contributed by atoms with Gasteiger partial charge in [0.2, 0.25) is 0 Å². The second-order valence-electron chi connectivity index (χ2n) is 7.49. The van der Waals surface area contributed by atoms with Gasteiger partial charge in [-0.05, 0) is 37.1 Å². The van der Waals surface area contributed by atoms with E-state index in [9.17, 15) is 4.79 Å². The maximum Gasteiger partial charge on any atom is 0.270 e. The smallest absolute Gasteiger partial charge is 0.270 e. The average molecular weight is 401 g/mol. The van der Waals surface area contributed by atoms with Gasteiger partial charge < -0.3 is 19.8 Å². The molecular weight excluding hydrogens is 378 g/mol. The molecule has 1 fully saturated rings. The normalized spacial score (nSPS) is 16.2. The summed E-state index contributed by atoms with van der Waals surface area (Å²) < 4.78 is 11.2. The van der Waals surface area contributed by atoms with Crippen molar-refractivity contribution in [2.75, 3.05) is 20.3 Å². The van der Waals surface area contributed by atoms with Gasteiger partial charge in [0.1, 0.15) is 11.4 Å². The summed E-state index contributed by atoms with van der Waals surface area (Å²) in [7, 11) is 1.64. The third-order valence-electron chi connectivity index (χ3n) is 5.61. The number of hydrogen-bond acceptors (Lipinski definition) is 4. The van der Waals surface area contributed by atoms with E-state index in [-0.39, 0.29) is 12.0 Å². The maximum absolute atomic E-state index is 13.0. The van der Waals surface area contributed by atoms with Crippen molar-refractivity contribution in [2.45, 2.75) is 18.9 Å². The van der Waals surface area contributed by atoms with Crippen LogP contribution in [-0.4, -0.2) is 42.2 Å². The van der Waals surface area contributed by atoms with Gasteiger partial charge in [0.15, 0.2) is 0 Å². The van der Waals surface area contributed by atoms with E-state index < -0.39 is 0 Å². The molecule has 1 aliphatic heterocycles. The van der Waals surface area contributed by atoms with Gasteiger partial charge in [0.25, 0.3) is 5.91 Å². The maximum atomic E-state index is 13.0. The molecule has 0 radical (unpaired) electrons. The van der Waals surface area contributed by atoms with Crippen molar-refractivity contribution in [2.24, 2.45) is 0 Å². The molecular formula is C24H23N3O3. The lowest BCUT2D eigenvalue weighted by atomic mass is 10.1.